The minimum absolute atomic E-state index is 0.0283. The molecule has 6 nitrogen and oxygen atoms in total. The molecule has 2 N–H and O–H groups in total. The van der Waals surface area contributed by atoms with Crippen LogP contribution in [0.5, 0.6) is 0 Å². The van der Waals surface area contributed by atoms with Crippen LogP contribution < -0.4 is 10.6 Å². The van der Waals surface area contributed by atoms with E-state index in [1.54, 1.807) is 17.2 Å². The topological polar surface area (TPSA) is 74.3 Å². The second kappa shape index (κ2) is 7.79. The van der Waals surface area contributed by atoms with Gasteiger partial charge in [0, 0.05) is 30.9 Å². The number of carbonyl (C=O) groups excluding carboxylic acids is 2. The highest BCUT2D eigenvalue weighted by atomic mass is 16.2. The molecule has 6 heteroatoms. The van der Waals surface area contributed by atoms with Crippen molar-refractivity contribution in [3.8, 4) is 0 Å². The molecule has 1 fully saturated rings. The Morgan fingerprint density at radius 1 is 1.04 bits per heavy atom. The van der Waals surface area contributed by atoms with Crippen molar-refractivity contribution in [1.82, 2.24) is 9.88 Å². The molecule has 2 aromatic rings. The molecule has 0 saturated carbocycles. The number of nitrogens with zero attached hydrogens (tertiary/aromatic N) is 2. The molecule has 0 spiro atoms. The number of aromatic nitrogens is 1. The predicted molar refractivity (Wildman–Crippen MR) is 97.4 cm³/mol. The number of anilines is 2. The summed E-state index contributed by atoms with van der Waals surface area (Å²) < 4.78 is 0. The van der Waals surface area contributed by atoms with Gasteiger partial charge in [-0.05, 0) is 43.5 Å². The molecule has 130 valence electrons. The van der Waals surface area contributed by atoms with Crippen LogP contribution in [0, 0.1) is 12.8 Å². The van der Waals surface area contributed by atoms with E-state index in [1.807, 2.05) is 43.3 Å². The van der Waals surface area contributed by atoms with E-state index in [-0.39, 0.29) is 17.9 Å². The third kappa shape index (κ3) is 4.56. The normalized spacial score (nSPS) is 14.8. The van der Waals surface area contributed by atoms with E-state index in [2.05, 4.69) is 15.6 Å². The van der Waals surface area contributed by atoms with Crippen molar-refractivity contribution in [2.24, 2.45) is 5.92 Å². The van der Waals surface area contributed by atoms with E-state index in [9.17, 15) is 9.59 Å². The zero-order valence-corrected chi connectivity index (χ0v) is 14.2. The summed E-state index contributed by atoms with van der Waals surface area (Å²) in [6.45, 7) is 3.09. The molecule has 0 unspecified atom stereocenters. The van der Waals surface area contributed by atoms with Crippen LogP contribution in [0.3, 0.4) is 0 Å². The molecular weight excluding hydrogens is 316 g/mol. The molecule has 1 saturated heterocycles. The van der Waals surface area contributed by atoms with Gasteiger partial charge in [-0.25, -0.2) is 9.78 Å². The third-order valence-corrected chi connectivity index (χ3v) is 4.34. The molecule has 0 aliphatic carbocycles. The van der Waals surface area contributed by atoms with Gasteiger partial charge in [-0.15, -0.1) is 0 Å². The molecule has 0 bridgehead atoms. The summed E-state index contributed by atoms with van der Waals surface area (Å²) in [5.74, 6) is 0.447. The van der Waals surface area contributed by atoms with Gasteiger partial charge in [-0.1, -0.05) is 24.3 Å². The number of benzene rings is 1. The van der Waals surface area contributed by atoms with Crippen LogP contribution in [0.15, 0.2) is 48.7 Å². The molecule has 0 radical (unpaired) electrons. The van der Waals surface area contributed by atoms with Crippen molar-refractivity contribution in [2.45, 2.75) is 19.8 Å². The minimum atomic E-state index is -0.120. The summed E-state index contributed by atoms with van der Waals surface area (Å²) in [4.78, 5) is 30.6. The van der Waals surface area contributed by atoms with Crippen LogP contribution in [0.4, 0.5) is 16.3 Å². The summed E-state index contributed by atoms with van der Waals surface area (Å²) >= 11 is 0. The first kappa shape index (κ1) is 17.0. The van der Waals surface area contributed by atoms with Gasteiger partial charge in [0.15, 0.2) is 0 Å². The monoisotopic (exact) mass is 338 g/mol. The molecule has 3 rings (SSSR count). The fourth-order valence-electron chi connectivity index (χ4n) is 2.84. The fraction of sp³-hybridized carbons (Fsp3) is 0.316. The number of urea groups is 1. The number of aryl methyl sites for hydroxylation is 1. The average Bonchev–Trinajstić information content (AvgIpc) is 2.64. The number of pyridine rings is 1. The lowest BCUT2D eigenvalue weighted by Gasteiger charge is -2.31. The molecule has 0 atom stereocenters. The Labute approximate surface area is 147 Å². The first-order valence-electron chi connectivity index (χ1n) is 8.46. The quantitative estimate of drug-likeness (QED) is 0.902. The first-order valence-corrected chi connectivity index (χ1v) is 8.46. The number of piperidine rings is 1. The van der Waals surface area contributed by atoms with Gasteiger partial charge in [-0.3, -0.25) is 4.79 Å². The third-order valence-electron chi connectivity index (χ3n) is 4.34. The van der Waals surface area contributed by atoms with Crippen molar-refractivity contribution in [3.63, 3.8) is 0 Å². The number of para-hydroxylation sites is 1. The lowest BCUT2D eigenvalue weighted by atomic mass is 9.96. The Balaban J connectivity index is 1.48. The van der Waals surface area contributed by atoms with Crippen LogP contribution in [-0.2, 0) is 4.79 Å². The Bertz CT molecular complexity index is 723. The van der Waals surface area contributed by atoms with Crippen molar-refractivity contribution in [2.75, 3.05) is 23.7 Å². The highest BCUT2D eigenvalue weighted by Crippen LogP contribution is 2.20. The van der Waals surface area contributed by atoms with Gasteiger partial charge in [-0.2, -0.15) is 0 Å². The van der Waals surface area contributed by atoms with E-state index >= 15 is 0 Å². The highest BCUT2D eigenvalue weighted by Gasteiger charge is 2.27. The van der Waals surface area contributed by atoms with Gasteiger partial charge in [0.1, 0.15) is 5.82 Å². The average molecular weight is 338 g/mol. The number of carbonyl (C=O) groups is 2. The lowest BCUT2D eigenvalue weighted by molar-refractivity contribution is -0.121. The van der Waals surface area contributed by atoms with E-state index in [4.69, 9.17) is 0 Å². The second-order valence-corrected chi connectivity index (χ2v) is 6.27. The molecule has 1 aromatic heterocycles. The summed E-state index contributed by atoms with van der Waals surface area (Å²) in [5, 5.41) is 5.73. The van der Waals surface area contributed by atoms with Gasteiger partial charge in [0.25, 0.3) is 0 Å². The Hall–Kier alpha value is -2.89. The molecular formula is C19H22N4O2. The maximum absolute atomic E-state index is 12.3. The smallest absolute Gasteiger partial charge is 0.321 e. The number of hydrogen-bond acceptors (Lipinski definition) is 3. The van der Waals surface area contributed by atoms with Gasteiger partial charge < -0.3 is 15.5 Å². The van der Waals surface area contributed by atoms with Crippen molar-refractivity contribution >= 4 is 23.4 Å². The zero-order chi connectivity index (χ0) is 17.6. The maximum atomic E-state index is 12.3. The molecule has 25 heavy (non-hydrogen) atoms. The SMILES string of the molecule is Cc1ccc(NC(=O)C2CCN(C(=O)Nc3ccccc3)CC2)nc1. The number of nitrogens with one attached hydrogen (secondary N) is 2. The lowest BCUT2D eigenvalue weighted by Crippen LogP contribution is -2.43. The standard InChI is InChI=1S/C19H22N4O2/c1-14-7-8-17(20-13-14)22-18(24)15-9-11-23(12-10-15)19(25)21-16-5-3-2-4-6-16/h2-8,13,15H,9-12H2,1H3,(H,21,25)(H,20,22,24). The second-order valence-electron chi connectivity index (χ2n) is 6.27. The summed E-state index contributed by atoms with van der Waals surface area (Å²) in [6, 6.07) is 13.0. The molecule has 2 heterocycles. The van der Waals surface area contributed by atoms with E-state index in [0.717, 1.165) is 11.3 Å². The van der Waals surface area contributed by atoms with Gasteiger partial charge in [0.2, 0.25) is 5.91 Å². The van der Waals surface area contributed by atoms with Crippen molar-refractivity contribution in [3.05, 3.63) is 54.2 Å². The van der Waals surface area contributed by atoms with Crippen molar-refractivity contribution in [1.29, 1.82) is 0 Å². The summed E-state index contributed by atoms with van der Waals surface area (Å²) in [7, 11) is 0. The van der Waals surface area contributed by atoms with E-state index in [1.165, 1.54) is 0 Å². The minimum Gasteiger partial charge on any atom is -0.324 e. The van der Waals surface area contributed by atoms with Crippen LogP contribution in [-0.4, -0.2) is 34.9 Å². The number of amides is 3. The largest absolute Gasteiger partial charge is 0.324 e. The van der Waals surface area contributed by atoms with E-state index < -0.39 is 0 Å². The highest BCUT2D eigenvalue weighted by molar-refractivity contribution is 5.92. The van der Waals surface area contributed by atoms with Gasteiger partial charge in [0.05, 0.1) is 0 Å². The number of rotatable bonds is 3. The Kier molecular flexibility index (Phi) is 5.28. The number of likely N-dealkylation sites (tertiary alicyclic amines) is 1. The molecule has 3 amide bonds. The Morgan fingerprint density at radius 2 is 1.76 bits per heavy atom. The zero-order valence-electron chi connectivity index (χ0n) is 14.2. The fourth-order valence-corrected chi connectivity index (χ4v) is 2.84. The maximum Gasteiger partial charge on any atom is 0.321 e. The molecule has 1 aliphatic rings. The van der Waals surface area contributed by atoms with Crippen LogP contribution in [0.2, 0.25) is 0 Å². The summed E-state index contributed by atoms with van der Waals surface area (Å²) in [6.07, 6.45) is 3.03. The van der Waals surface area contributed by atoms with Gasteiger partial charge >= 0.3 is 6.03 Å². The van der Waals surface area contributed by atoms with E-state index in [0.29, 0.717) is 31.7 Å². The van der Waals surface area contributed by atoms with Crippen molar-refractivity contribution < 1.29 is 9.59 Å². The first-order chi connectivity index (χ1) is 12.1. The summed E-state index contributed by atoms with van der Waals surface area (Å²) in [5.41, 5.74) is 1.83. The molecule has 1 aromatic carbocycles. The van der Waals surface area contributed by atoms with Crippen LogP contribution in [0.25, 0.3) is 0 Å². The predicted octanol–water partition coefficient (Wildman–Crippen LogP) is 3.27. The molecule has 1 aliphatic heterocycles. The number of hydrogen-bond donors (Lipinski definition) is 2. The Morgan fingerprint density at radius 3 is 2.40 bits per heavy atom. The van der Waals surface area contributed by atoms with Crippen LogP contribution in [0.1, 0.15) is 18.4 Å². The van der Waals surface area contributed by atoms with Crippen LogP contribution >= 0.6 is 0 Å².